The van der Waals surface area contributed by atoms with Crippen LogP contribution in [0.4, 0.5) is 0 Å². The number of nitriles is 1. The lowest BCUT2D eigenvalue weighted by Crippen LogP contribution is -2.55. The third kappa shape index (κ3) is 7.92. The molecule has 38 heavy (non-hydrogen) atoms. The fourth-order valence-electron chi connectivity index (χ4n) is 4.89. The van der Waals surface area contributed by atoms with Crippen LogP contribution in [0, 0.1) is 22.7 Å². The zero-order chi connectivity index (χ0) is 27.5. The van der Waals surface area contributed by atoms with Crippen LogP contribution in [0.3, 0.4) is 0 Å². The Balaban J connectivity index is 1.55. The summed E-state index contributed by atoms with van der Waals surface area (Å²) < 4.78 is 5.44. The smallest absolute Gasteiger partial charge is 0.306 e. The summed E-state index contributed by atoms with van der Waals surface area (Å²) >= 11 is 0. The maximum atomic E-state index is 13.7. The van der Waals surface area contributed by atoms with E-state index in [1.54, 1.807) is 24.3 Å². The molecule has 0 aromatic heterocycles. The van der Waals surface area contributed by atoms with Crippen molar-refractivity contribution in [3.05, 3.63) is 71.3 Å². The molecule has 0 aliphatic carbocycles. The van der Waals surface area contributed by atoms with Gasteiger partial charge in [0.25, 0.3) is 5.91 Å². The van der Waals surface area contributed by atoms with Gasteiger partial charge in [0.15, 0.2) is 0 Å². The van der Waals surface area contributed by atoms with Gasteiger partial charge in [0, 0.05) is 31.1 Å². The number of ether oxygens (including phenoxy) is 1. The first-order valence-corrected chi connectivity index (χ1v) is 13.5. The number of nitrogens with one attached hydrogen (secondary N) is 1. The fourth-order valence-corrected chi connectivity index (χ4v) is 4.89. The normalized spacial score (nSPS) is 14.8. The second-order valence-electron chi connectivity index (χ2n) is 10.7. The standard InChI is InChI=1S/C31H39N3O4/c1-4-5-11-27(33-29(36)26-14-12-24(21-32)13-15-26)31(2,3)30(37)34-18-16-23(17-19-34)20-28(35)38-22-25-9-7-6-8-10-25/h6-10,12-15,23,27H,4-5,11,16-20,22H2,1-3H3,(H,33,36). The molecule has 2 aromatic carbocycles. The molecule has 1 heterocycles. The zero-order valence-corrected chi connectivity index (χ0v) is 22.7. The molecule has 202 valence electrons. The van der Waals surface area contributed by atoms with E-state index in [2.05, 4.69) is 18.3 Å². The van der Waals surface area contributed by atoms with E-state index in [0.29, 0.717) is 37.1 Å². The first-order chi connectivity index (χ1) is 18.2. The van der Waals surface area contributed by atoms with Crippen molar-refractivity contribution in [2.24, 2.45) is 11.3 Å². The average Bonchev–Trinajstić information content (AvgIpc) is 2.94. The quantitative estimate of drug-likeness (QED) is 0.411. The highest BCUT2D eigenvalue weighted by atomic mass is 16.5. The zero-order valence-electron chi connectivity index (χ0n) is 22.7. The first-order valence-electron chi connectivity index (χ1n) is 13.5. The van der Waals surface area contributed by atoms with Crippen LogP contribution < -0.4 is 5.32 Å². The van der Waals surface area contributed by atoms with E-state index >= 15 is 0 Å². The number of amides is 2. The number of esters is 1. The maximum Gasteiger partial charge on any atom is 0.306 e. The molecule has 2 aromatic rings. The van der Waals surface area contributed by atoms with Gasteiger partial charge in [0.2, 0.25) is 5.91 Å². The van der Waals surface area contributed by atoms with E-state index in [0.717, 1.165) is 31.2 Å². The molecule has 1 aliphatic heterocycles. The summed E-state index contributed by atoms with van der Waals surface area (Å²) in [4.78, 5) is 40.9. The molecule has 0 saturated carbocycles. The number of carbonyl (C=O) groups is 3. The number of piperidine rings is 1. The van der Waals surface area contributed by atoms with Crippen molar-refractivity contribution >= 4 is 17.8 Å². The molecule has 1 aliphatic rings. The maximum absolute atomic E-state index is 13.7. The van der Waals surface area contributed by atoms with Gasteiger partial charge in [-0.2, -0.15) is 5.26 Å². The van der Waals surface area contributed by atoms with Gasteiger partial charge < -0.3 is 15.0 Å². The molecule has 0 spiro atoms. The monoisotopic (exact) mass is 517 g/mol. The van der Waals surface area contributed by atoms with Crippen LogP contribution in [0.5, 0.6) is 0 Å². The lowest BCUT2D eigenvalue weighted by atomic mass is 9.79. The summed E-state index contributed by atoms with van der Waals surface area (Å²) in [5.41, 5.74) is 1.13. The minimum Gasteiger partial charge on any atom is -0.461 e. The Morgan fingerprint density at radius 1 is 1.08 bits per heavy atom. The molecule has 7 heteroatoms. The van der Waals surface area contributed by atoms with Gasteiger partial charge in [-0.05, 0) is 68.9 Å². The predicted molar refractivity (Wildman–Crippen MR) is 146 cm³/mol. The number of unbranched alkanes of at least 4 members (excludes halogenated alkanes) is 1. The van der Waals surface area contributed by atoms with Crippen LogP contribution in [0.25, 0.3) is 0 Å². The van der Waals surface area contributed by atoms with Crippen LogP contribution in [0.2, 0.25) is 0 Å². The lowest BCUT2D eigenvalue weighted by molar-refractivity contribution is -0.147. The lowest BCUT2D eigenvalue weighted by Gasteiger charge is -2.40. The van der Waals surface area contributed by atoms with Gasteiger partial charge in [-0.15, -0.1) is 0 Å². The van der Waals surface area contributed by atoms with Crippen molar-refractivity contribution in [2.75, 3.05) is 13.1 Å². The van der Waals surface area contributed by atoms with Gasteiger partial charge in [0.05, 0.1) is 17.0 Å². The fraction of sp³-hybridized carbons (Fsp3) is 0.484. The van der Waals surface area contributed by atoms with Crippen LogP contribution in [0.1, 0.15) is 80.8 Å². The number of hydrogen-bond acceptors (Lipinski definition) is 5. The van der Waals surface area contributed by atoms with Gasteiger partial charge in [0.1, 0.15) is 6.61 Å². The summed E-state index contributed by atoms with van der Waals surface area (Å²) in [5.74, 6) is -0.241. The van der Waals surface area contributed by atoms with E-state index < -0.39 is 5.41 Å². The summed E-state index contributed by atoms with van der Waals surface area (Å²) in [6.45, 7) is 7.35. The highest BCUT2D eigenvalue weighted by Gasteiger charge is 2.41. The SMILES string of the molecule is CCCCC(NC(=O)c1ccc(C#N)cc1)C(C)(C)C(=O)N1CCC(CC(=O)OCc2ccccc2)CC1. The number of benzene rings is 2. The van der Waals surface area contributed by atoms with Gasteiger partial charge in [-0.1, -0.05) is 50.1 Å². The Morgan fingerprint density at radius 2 is 1.74 bits per heavy atom. The molecule has 1 atom stereocenters. The molecule has 0 radical (unpaired) electrons. The molecule has 3 rings (SSSR count). The van der Waals surface area contributed by atoms with E-state index in [1.807, 2.05) is 49.1 Å². The van der Waals surface area contributed by atoms with Crippen molar-refractivity contribution in [3.63, 3.8) is 0 Å². The summed E-state index contributed by atoms with van der Waals surface area (Å²) in [5, 5.41) is 12.1. The molecule has 7 nitrogen and oxygen atoms in total. The van der Waals surface area contributed by atoms with E-state index in [1.165, 1.54) is 0 Å². The predicted octanol–water partition coefficient (Wildman–Crippen LogP) is 5.25. The van der Waals surface area contributed by atoms with Crippen molar-refractivity contribution in [3.8, 4) is 6.07 Å². The second-order valence-corrected chi connectivity index (χ2v) is 10.7. The van der Waals surface area contributed by atoms with Crippen molar-refractivity contribution < 1.29 is 19.1 Å². The Kier molecular flexibility index (Phi) is 10.5. The molecule has 2 amide bonds. The second kappa shape index (κ2) is 13.8. The highest BCUT2D eigenvalue weighted by Crippen LogP contribution is 2.31. The number of hydrogen-bond donors (Lipinski definition) is 1. The van der Waals surface area contributed by atoms with Crippen LogP contribution in [0.15, 0.2) is 54.6 Å². The van der Waals surface area contributed by atoms with Crippen LogP contribution >= 0.6 is 0 Å². The van der Waals surface area contributed by atoms with Crippen LogP contribution in [-0.4, -0.2) is 41.8 Å². The van der Waals surface area contributed by atoms with Gasteiger partial charge in [-0.3, -0.25) is 14.4 Å². The summed E-state index contributed by atoms with van der Waals surface area (Å²) in [6.07, 6.45) is 4.40. The Morgan fingerprint density at radius 3 is 2.34 bits per heavy atom. The van der Waals surface area contributed by atoms with Gasteiger partial charge >= 0.3 is 5.97 Å². The molecule has 1 fully saturated rings. The van der Waals surface area contributed by atoms with Crippen molar-refractivity contribution in [2.45, 2.75) is 71.9 Å². The molecule has 1 saturated heterocycles. The Hall–Kier alpha value is -3.66. The molecular weight excluding hydrogens is 478 g/mol. The van der Waals surface area contributed by atoms with E-state index in [4.69, 9.17) is 10.00 Å². The first kappa shape index (κ1) is 28.9. The minimum absolute atomic E-state index is 0.0174. The van der Waals surface area contributed by atoms with Crippen molar-refractivity contribution in [1.82, 2.24) is 10.2 Å². The van der Waals surface area contributed by atoms with Crippen LogP contribution in [-0.2, 0) is 20.9 Å². The largest absolute Gasteiger partial charge is 0.461 e. The summed E-state index contributed by atoms with van der Waals surface area (Å²) in [6, 6.07) is 17.9. The highest BCUT2D eigenvalue weighted by molar-refractivity contribution is 5.95. The number of carbonyl (C=O) groups excluding carboxylic acids is 3. The Labute approximate surface area is 226 Å². The summed E-state index contributed by atoms with van der Waals surface area (Å²) in [7, 11) is 0. The van der Waals surface area contributed by atoms with E-state index in [9.17, 15) is 14.4 Å². The average molecular weight is 518 g/mol. The third-order valence-corrected chi connectivity index (χ3v) is 7.45. The molecule has 0 bridgehead atoms. The number of rotatable bonds is 11. The molecule has 1 N–H and O–H groups in total. The number of likely N-dealkylation sites (tertiary alicyclic amines) is 1. The minimum atomic E-state index is -0.793. The molecular formula is C31H39N3O4. The third-order valence-electron chi connectivity index (χ3n) is 7.45. The van der Waals surface area contributed by atoms with Crippen molar-refractivity contribution in [1.29, 1.82) is 5.26 Å². The number of nitrogens with zero attached hydrogens (tertiary/aromatic N) is 2. The van der Waals surface area contributed by atoms with Gasteiger partial charge in [-0.25, -0.2) is 0 Å². The topological polar surface area (TPSA) is 99.5 Å². The van der Waals surface area contributed by atoms with E-state index in [-0.39, 0.29) is 36.4 Å². The Bertz CT molecular complexity index is 1110. The molecule has 1 unspecified atom stereocenters.